The second kappa shape index (κ2) is 6.09. The summed E-state index contributed by atoms with van der Waals surface area (Å²) >= 11 is 0. The number of carbonyl (C=O) groups is 2. The van der Waals surface area contributed by atoms with Gasteiger partial charge in [0.2, 0.25) is 0 Å². The minimum Gasteiger partial charge on any atom is -0.387 e. The van der Waals surface area contributed by atoms with Gasteiger partial charge < -0.3 is 4.74 Å². The van der Waals surface area contributed by atoms with E-state index in [1.165, 1.54) is 6.08 Å². The highest BCUT2D eigenvalue weighted by Crippen LogP contribution is 1.85. The molecule has 0 atom stereocenters. The average Bonchev–Trinajstić information content (AvgIpc) is 2.05. The third kappa shape index (κ3) is 5.17. The first-order valence-electron chi connectivity index (χ1n) is 3.38. The molecule has 0 aromatic carbocycles. The topological polar surface area (TPSA) is 43.4 Å². The van der Waals surface area contributed by atoms with Crippen molar-refractivity contribution < 1.29 is 14.3 Å². The van der Waals surface area contributed by atoms with E-state index in [9.17, 15) is 9.59 Å². The number of rotatable bonds is 3. The quantitative estimate of drug-likeness (QED) is 0.275. The fraction of sp³-hybridized carbons (Fsp3) is 0.111. The summed E-state index contributed by atoms with van der Waals surface area (Å²) < 4.78 is 4.23. The van der Waals surface area contributed by atoms with E-state index < -0.39 is 11.9 Å². The van der Waals surface area contributed by atoms with Crippen LogP contribution in [0.3, 0.4) is 0 Å². The summed E-state index contributed by atoms with van der Waals surface area (Å²) in [5.74, 6) is -1.44. The zero-order valence-electron chi connectivity index (χ0n) is 6.82. The third-order valence-electron chi connectivity index (χ3n) is 0.904. The van der Waals surface area contributed by atoms with Crippen LogP contribution in [0.5, 0.6) is 0 Å². The standard InChI is InChI=1S/C9H10O3/c1-3-5-6-7-9(11)12-8(10)4-2/h3-7H,2H2,1H3/b5-3+,7-6+. The highest BCUT2D eigenvalue weighted by Gasteiger charge is 2.00. The molecule has 3 nitrogen and oxygen atoms in total. The van der Waals surface area contributed by atoms with Crippen molar-refractivity contribution in [3.8, 4) is 0 Å². The number of hydrogen-bond donors (Lipinski definition) is 0. The van der Waals surface area contributed by atoms with Crippen molar-refractivity contribution in [2.24, 2.45) is 0 Å². The molecule has 0 aliphatic rings. The van der Waals surface area contributed by atoms with Crippen LogP contribution < -0.4 is 0 Å². The molecule has 0 heterocycles. The van der Waals surface area contributed by atoms with Crippen LogP contribution in [-0.4, -0.2) is 11.9 Å². The number of hydrogen-bond acceptors (Lipinski definition) is 3. The Balaban J connectivity index is 3.89. The third-order valence-corrected chi connectivity index (χ3v) is 0.904. The largest absolute Gasteiger partial charge is 0.387 e. The van der Waals surface area contributed by atoms with E-state index in [1.807, 2.05) is 6.92 Å². The van der Waals surface area contributed by atoms with Gasteiger partial charge in [0.05, 0.1) is 0 Å². The van der Waals surface area contributed by atoms with Gasteiger partial charge in [-0.3, -0.25) is 0 Å². The van der Waals surface area contributed by atoms with Gasteiger partial charge in [-0.1, -0.05) is 24.8 Å². The van der Waals surface area contributed by atoms with E-state index in [0.29, 0.717) is 0 Å². The highest BCUT2D eigenvalue weighted by molar-refractivity contribution is 5.96. The van der Waals surface area contributed by atoms with Gasteiger partial charge in [0.1, 0.15) is 0 Å². The summed E-state index contributed by atoms with van der Waals surface area (Å²) in [6.07, 6.45) is 6.97. The summed E-state index contributed by atoms with van der Waals surface area (Å²) in [7, 11) is 0. The van der Waals surface area contributed by atoms with Crippen molar-refractivity contribution in [1.29, 1.82) is 0 Å². The molecule has 0 bridgehead atoms. The Hall–Kier alpha value is -1.64. The fourth-order valence-electron chi connectivity index (χ4n) is 0.420. The van der Waals surface area contributed by atoms with E-state index in [-0.39, 0.29) is 0 Å². The lowest BCUT2D eigenvalue weighted by Crippen LogP contribution is -2.06. The van der Waals surface area contributed by atoms with Crippen LogP contribution in [-0.2, 0) is 14.3 Å². The molecule has 0 saturated carbocycles. The molecule has 0 radical (unpaired) electrons. The van der Waals surface area contributed by atoms with Crippen LogP contribution in [0.25, 0.3) is 0 Å². The van der Waals surface area contributed by atoms with Crippen molar-refractivity contribution in [3.05, 3.63) is 37.0 Å². The molecule has 0 rings (SSSR count). The minimum atomic E-state index is -0.745. The minimum absolute atomic E-state index is 0.696. The Morgan fingerprint density at radius 1 is 1.25 bits per heavy atom. The molecule has 0 N–H and O–H groups in total. The Morgan fingerprint density at radius 3 is 2.42 bits per heavy atom. The molecule has 0 saturated heterocycles. The molecule has 0 aromatic heterocycles. The van der Waals surface area contributed by atoms with Crippen molar-refractivity contribution in [1.82, 2.24) is 0 Å². The second-order valence-corrected chi connectivity index (χ2v) is 1.83. The van der Waals surface area contributed by atoms with Crippen LogP contribution in [0.2, 0.25) is 0 Å². The van der Waals surface area contributed by atoms with E-state index in [4.69, 9.17) is 0 Å². The van der Waals surface area contributed by atoms with Crippen LogP contribution >= 0.6 is 0 Å². The fourth-order valence-corrected chi connectivity index (χ4v) is 0.420. The Labute approximate surface area is 71.0 Å². The molecule has 12 heavy (non-hydrogen) atoms. The first kappa shape index (κ1) is 10.4. The number of carbonyl (C=O) groups excluding carboxylic acids is 2. The molecule has 3 heteroatoms. The summed E-state index contributed by atoms with van der Waals surface area (Å²) in [6, 6.07) is 0. The zero-order chi connectivity index (χ0) is 9.40. The van der Waals surface area contributed by atoms with E-state index in [1.54, 1.807) is 12.2 Å². The maximum absolute atomic E-state index is 10.7. The van der Waals surface area contributed by atoms with Crippen LogP contribution in [0.15, 0.2) is 37.0 Å². The van der Waals surface area contributed by atoms with E-state index in [0.717, 1.165) is 12.2 Å². The lowest BCUT2D eigenvalue weighted by molar-refractivity contribution is -0.152. The molecule has 0 aliphatic carbocycles. The molecule has 0 fully saturated rings. The molecule has 0 amide bonds. The van der Waals surface area contributed by atoms with Crippen molar-refractivity contribution in [3.63, 3.8) is 0 Å². The highest BCUT2D eigenvalue weighted by atomic mass is 16.6. The lowest BCUT2D eigenvalue weighted by Gasteiger charge is -1.91. The van der Waals surface area contributed by atoms with Crippen LogP contribution in [0.1, 0.15) is 6.92 Å². The second-order valence-electron chi connectivity index (χ2n) is 1.83. The predicted octanol–water partition coefficient (Wildman–Crippen LogP) is 1.37. The van der Waals surface area contributed by atoms with Gasteiger partial charge in [0, 0.05) is 12.2 Å². The maximum Gasteiger partial charge on any atom is 0.338 e. The monoisotopic (exact) mass is 166 g/mol. The number of esters is 2. The molecule has 0 aliphatic heterocycles. The summed E-state index contributed by atoms with van der Waals surface area (Å²) in [5, 5.41) is 0. The van der Waals surface area contributed by atoms with Crippen LogP contribution in [0.4, 0.5) is 0 Å². The average molecular weight is 166 g/mol. The summed E-state index contributed by atoms with van der Waals surface area (Å²) in [5.41, 5.74) is 0. The van der Waals surface area contributed by atoms with Gasteiger partial charge in [0.25, 0.3) is 0 Å². The Kier molecular flexibility index (Phi) is 5.26. The van der Waals surface area contributed by atoms with Crippen molar-refractivity contribution in [2.75, 3.05) is 0 Å². The summed E-state index contributed by atoms with van der Waals surface area (Å²) in [4.78, 5) is 21.1. The number of ether oxygens (including phenoxy) is 1. The van der Waals surface area contributed by atoms with Gasteiger partial charge in [-0.25, -0.2) is 9.59 Å². The Morgan fingerprint density at radius 2 is 1.92 bits per heavy atom. The van der Waals surface area contributed by atoms with Gasteiger partial charge in [-0.05, 0) is 6.92 Å². The smallest absolute Gasteiger partial charge is 0.338 e. The van der Waals surface area contributed by atoms with E-state index >= 15 is 0 Å². The SMILES string of the molecule is C=CC(=O)OC(=O)/C=C/C=C/C. The van der Waals surface area contributed by atoms with Gasteiger partial charge in [-0.15, -0.1) is 0 Å². The van der Waals surface area contributed by atoms with Gasteiger partial charge >= 0.3 is 11.9 Å². The van der Waals surface area contributed by atoms with Crippen molar-refractivity contribution in [2.45, 2.75) is 6.92 Å². The molecule has 0 aromatic rings. The zero-order valence-corrected chi connectivity index (χ0v) is 6.82. The van der Waals surface area contributed by atoms with E-state index in [2.05, 4.69) is 11.3 Å². The first-order valence-corrected chi connectivity index (χ1v) is 3.38. The maximum atomic E-state index is 10.7. The number of allylic oxidation sites excluding steroid dienone is 3. The lowest BCUT2D eigenvalue weighted by atomic mass is 10.4. The molecular formula is C9H10O3. The normalized spacial score (nSPS) is 10.4. The summed E-state index contributed by atoms with van der Waals surface area (Å²) in [6.45, 7) is 4.96. The molecule has 0 spiro atoms. The molecule has 0 unspecified atom stereocenters. The first-order chi connectivity index (χ1) is 5.70. The predicted molar refractivity (Wildman–Crippen MR) is 45.3 cm³/mol. The van der Waals surface area contributed by atoms with Gasteiger partial charge in [0.15, 0.2) is 0 Å². The molecular weight excluding hydrogens is 156 g/mol. The van der Waals surface area contributed by atoms with Crippen molar-refractivity contribution >= 4 is 11.9 Å². The van der Waals surface area contributed by atoms with Crippen LogP contribution in [0, 0.1) is 0 Å². The van der Waals surface area contributed by atoms with Gasteiger partial charge in [-0.2, -0.15) is 0 Å². The molecule has 64 valence electrons. The Bertz CT molecular complexity index is 236.